The van der Waals surface area contributed by atoms with Gasteiger partial charge >= 0.3 is 0 Å². The van der Waals surface area contributed by atoms with Crippen molar-refractivity contribution in [3.8, 4) is 0 Å². The van der Waals surface area contributed by atoms with E-state index in [-0.39, 0.29) is 5.91 Å². The summed E-state index contributed by atoms with van der Waals surface area (Å²) in [5.74, 6) is 2.36. The highest BCUT2D eigenvalue weighted by Crippen LogP contribution is 2.33. The van der Waals surface area contributed by atoms with Gasteiger partial charge in [-0.2, -0.15) is 0 Å². The minimum absolute atomic E-state index is 0.147. The molecule has 0 bridgehead atoms. The fourth-order valence-electron chi connectivity index (χ4n) is 5.19. The first kappa shape index (κ1) is 19.9. The van der Waals surface area contributed by atoms with Crippen LogP contribution in [-0.4, -0.2) is 38.7 Å². The molecule has 2 aliphatic rings. The number of aryl methyl sites for hydroxylation is 2. The first-order valence-corrected chi connectivity index (χ1v) is 11.1. The molecule has 5 rings (SSSR count). The highest BCUT2D eigenvalue weighted by molar-refractivity contribution is 5.90. The number of benzene rings is 2. The number of nitrogens with one attached hydrogen (secondary N) is 1. The summed E-state index contributed by atoms with van der Waals surface area (Å²) >= 11 is 0. The maximum Gasteiger partial charge on any atom is 0.289 e. The van der Waals surface area contributed by atoms with Crippen LogP contribution >= 0.6 is 0 Å². The van der Waals surface area contributed by atoms with E-state index in [0.29, 0.717) is 24.2 Å². The number of fused-ring (bicyclic) bond motifs is 2. The zero-order chi connectivity index (χ0) is 21.4. The molecule has 3 heterocycles. The summed E-state index contributed by atoms with van der Waals surface area (Å²) < 4.78 is 2.04. The quantitative estimate of drug-likeness (QED) is 0.695. The number of hydrogen-bond donors (Lipinski definition) is 1. The maximum atomic E-state index is 12.8. The van der Waals surface area contributed by atoms with Crippen LogP contribution in [0.3, 0.4) is 0 Å². The Morgan fingerprint density at radius 3 is 2.48 bits per heavy atom. The molecule has 1 saturated heterocycles. The third kappa shape index (κ3) is 4.26. The number of carbonyl (C=O) groups excluding carboxylic acids is 1. The monoisotopic (exact) mass is 415 g/mol. The van der Waals surface area contributed by atoms with E-state index in [9.17, 15) is 4.79 Å². The highest BCUT2D eigenvalue weighted by atomic mass is 16.2. The van der Waals surface area contributed by atoms with E-state index in [1.165, 1.54) is 16.7 Å². The molecule has 0 radical (unpaired) electrons. The number of amides is 1. The Labute approximate surface area is 183 Å². The molecule has 1 N–H and O–H groups in total. The zero-order valence-electron chi connectivity index (χ0n) is 18.2. The Kier molecular flexibility index (Phi) is 5.32. The van der Waals surface area contributed by atoms with Gasteiger partial charge in [0.2, 0.25) is 5.82 Å². The van der Waals surface area contributed by atoms with Crippen LogP contribution in [0.2, 0.25) is 0 Å². The van der Waals surface area contributed by atoms with Crippen LogP contribution < -0.4 is 5.32 Å². The normalized spacial score (nSPS) is 20.3. The third-order valence-corrected chi connectivity index (χ3v) is 6.53. The molecule has 3 aromatic rings. The predicted octanol–water partition coefficient (Wildman–Crippen LogP) is 3.13. The number of nitrogens with zero attached hydrogens (tertiary/aromatic N) is 4. The van der Waals surface area contributed by atoms with Gasteiger partial charge in [0.1, 0.15) is 5.82 Å². The third-order valence-electron chi connectivity index (χ3n) is 6.53. The second-order valence-corrected chi connectivity index (χ2v) is 9.13. The van der Waals surface area contributed by atoms with Crippen molar-refractivity contribution in [2.24, 2.45) is 11.8 Å². The number of carbonyl (C=O) groups is 1. The molecular weight excluding hydrogens is 386 g/mol. The lowest BCUT2D eigenvalue weighted by Crippen LogP contribution is -2.32. The van der Waals surface area contributed by atoms with Crippen molar-refractivity contribution in [3.05, 3.63) is 82.4 Å². The maximum absolute atomic E-state index is 12.8. The van der Waals surface area contributed by atoms with Crippen molar-refractivity contribution < 1.29 is 4.79 Å². The zero-order valence-corrected chi connectivity index (χ0v) is 18.2. The molecule has 6 nitrogen and oxygen atoms in total. The van der Waals surface area contributed by atoms with Crippen molar-refractivity contribution in [1.82, 2.24) is 25.0 Å². The van der Waals surface area contributed by atoms with Gasteiger partial charge in [0.25, 0.3) is 5.91 Å². The Hall–Kier alpha value is -2.99. The van der Waals surface area contributed by atoms with E-state index in [1.807, 2.05) is 34.9 Å². The highest BCUT2D eigenvalue weighted by Gasteiger charge is 2.39. The summed E-state index contributed by atoms with van der Waals surface area (Å²) in [5.41, 5.74) is 5.11. The molecule has 6 heteroatoms. The van der Waals surface area contributed by atoms with Crippen LogP contribution in [0.4, 0.5) is 0 Å². The average molecular weight is 416 g/mol. The topological polar surface area (TPSA) is 63.1 Å². The molecule has 1 fully saturated rings. The summed E-state index contributed by atoms with van der Waals surface area (Å²) in [4.78, 5) is 15.3. The van der Waals surface area contributed by atoms with E-state index >= 15 is 0 Å². The van der Waals surface area contributed by atoms with Gasteiger partial charge in [-0.3, -0.25) is 9.69 Å². The van der Waals surface area contributed by atoms with Gasteiger partial charge in [-0.15, -0.1) is 10.2 Å². The number of rotatable bonds is 5. The predicted molar refractivity (Wildman–Crippen MR) is 120 cm³/mol. The summed E-state index contributed by atoms with van der Waals surface area (Å²) in [6.07, 6.45) is 0.896. The van der Waals surface area contributed by atoms with Crippen LogP contribution in [-0.2, 0) is 26.1 Å². The Morgan fingerprint density at radius 2 is 1.71 bits per heavy atom. The Balaban J connectivity index is 1.24. The molecule has 0 spiro atoms. The van der Waals surface area contributed by atoms with Gasteiger partial charge in [0, 0.05) is 39.1 Å². The summed E-state index contributed by atoms with van der Waals surface area (Å²) in [5, 5.41) is 11.6. The standard InChI is InChI=1S/C25H29N5O/c1-17-8-18(2)10-20(9-17)13-29-14-21-11-23-27-28-24(30(23)16-22(21)15-29)25(31)26-12-19-6-4-3-5-7-19/h3-10,21-22H,11-16H2,1-2H3,(H,26,31)/t21-,22+/m1/s1. The summed E-state index contributed by atoms with van der Waals surface area (Å²) in [6.45, 7) is 8.77. The van der Waals surface area contributed by atoms with Gasteiger partial charge in [0.05, 0.1) is 0 Å². The lowest BCUT2D eigenvalue weighted by atomic mass is 9.89. The molecule has 2 aliphatic heterocycles. The van der Waals surface area contributed by atoms with Crippen molar-refractivity contribution in [2.45, 2.75) is 39.9 Å². The first-order chi connectivity index (χ1) is 15.0. The van der Waals surface area contributed by atoms with Crippen molar-refractivity contribution in [2.75, 3.05) is 13.1 Å². The van der Waals surface area contributed by atoms with Gasteiger partial charge in [-0.1, -0.05) is 59.7 Å². The molecule has 1 amide bonds. The summed E-state index contributed by atoms with van der Waals surface area (Å²) in [6, 6.07) is 16.7. The van der Waals surface area contributed by atoms with E-state index in [0.717, 1.165) is 44.0 Å². The molecule has 0 aliphatic carbocycles. The molecule has 0 unspecified atom stereocenters. The second kappa shape index (κ2) is 8.27. The van der Waals surface area contributed by atoms with Gasteiger partial charge < -0.3 is 9.88 Å². The van der Waals surface area contributed by atoms with Gasteiger partial charge in [0.15, 0.2) is 0 Å². The molecular formula is C25H29N5O. The van der Waals surface area contributed by atoms with Gasteiger partial charge in [-0.05, 0) is 36.8 Å². The van der Waals surface area contributed by atoms with Crippen LogP contribution in [0.15, 0.2) is 48.5 Å². The fraction of sp³-hybridized carbons (Fsp3) is 0.400. The second-order valence-electron chi connectivity index (χ2n) is 9.13. The Bertz CT molecular complexity index is 1070. The van der Waals surface area contributed by atoms with E-state index in [4.69, 9.17) is 0 Å². The number of likely N-dealkylation sites (tertiary alicyclic amines) is 1. The van der Waals surface area contributed by atoms with E-state index < -0.39 is 0 Å². The van der Waals surface area contributed by atoms with Crippen molar-refractivity contribution in [1.29, 1.82) is 0 Å². The lowest BCUT2D eigenvalue weighted by molar-refractivity contribution is 0.0932. The lowest BCUT2D eigenvalue weighted by Gasteiger charge is -2.25. The van der Waals surface area contributed by atoms with Crippen LogP contribution in [0, 0.1) is 25.7 Å². The van der Waals surface area contributed by atoms with E-state index in [2.05, 4.69) is 52.5 Å². The molecule has 2 atom stereocenters. The van der Waals surface area contributed by atoms with Crippen molar-refractivity contribution >= 4 is 5.91 Å². The number of aromatic nitrogens is 3. The molecule has 31 heavy (non-hydrogen) atoms. The summed E-state index contributed by atoms with van der Waals surface area (Å²) in [7, 11) is 0. The minimum Gasteiger partial charge on any atom is -0.345 e. The first-order valence-electron chi connectivity index (χ1n) is 11.1. The molecule has 2 aromatic carbocycles. The number of hydrogen-bond acceptors (Lipinski definition) is 4. The minimum atomic E-state index is -0.147. The Morgan fingerprint density at radius 1 is 0.968 bits per heavy atom. The molecule has 160 valence electrons. The largest absolute Gasteiger partial charge is 0.345 e. The fourth-order valence-corrected chi connectivity index (χ4v) is 5.19. The SMILES string of the molecule is Cc1cc(C)cc(CN2C[C@H]3Cc4nnc(C(=O)NCc5ccccc5)n4C[C@@H]3C2)c1. The molecule has 1 aromatic heterocycles. The van der Waals surface area contributed by atoms with E-state index in [1.54, 1.807) is 0 Å². The van der Waals surface area contributed by atoms with Crippen LogP contribution in [0.1, 0.15) is 38.7 Å². The van der Waals surface area contributed by atoms with Crippen LogP contribution in [0.5, 0.6) is 0 Å². The molecule has 0 saturated carbocycles. The smallest absolute Gasteiger partial charge is 0.289 e. The van der Waals surface area contributed by atoms with Crippen LogP contribution in [0.25, 0.3) is 0 Å². The van der Waals surface area contributed by atoms with Crippen molar-refractivity contribution in [3.63, 3.8) is 0 Å². The van der Waals surface area contributed by atoms with Gasteiger partial charge in [-0.25, -0.2) is 0 Å². The average Bonchev–Trinajstić information content (AvgIpc) is 3.32.